The highest BCUT2D eigenvalue weighted by molar-refractivity contribution is 9.10. The van der Waals surface area contributed by atoms with Crippen LogP contribution < -0.4 is 10.1 Å². The number of likely N-dealkylation sites (tertiary alicyclic amines) is 1. The number of ether oxygens (including phenoxy) is 1. The highest BCUT2D eigenvalue weighted by atomic mass is 79.9. The summed E-state index contributed by atoms with van der Waals surface area (Å²) >= 11 is 3.41. The molecule has 0 bridgehead atoms. The molecule has 1 saturated heterocycles. The van der Waals surface area contributed by atoms with Crippen LogP contribution in [-0.4, -0.2) is 36.4 Å². The predicted molar refractivity (Wildman–Crippen MR) is 114 cm³/mol. The lowest BCUT2D eigenvalue weighted by atomic mass is 10.1. The Bertz CT molecular complexity index is 845. The molecule has 0 spiro atoms. The minimum Gasteiger partial charge on any atom is -0.483 e. The minimum atomic E-state index is -0.262. The van der Waals surface area contributed by atoms with E-state index in [9.17, 15) is 9.59 Å². The maximum absolute atomic E-state index is 12.8. The van der Waals surface area contributed by atoms with E-state index >= 15 is 0 Å². The summed E-state index contributed by atoms with van der Waals surface area (Å²) in [5, 5.41) is 2.81. The summed E-state index contributed by atoms with van der Waals surface area (Å²) in [5.74, 6) is 0.435. The van der Waals surface area contributed by atoms with Crippen LogP contribution in [0.25, 0.3) is 0 Å². The second-order valence-electron chi connectivity index (χ2n) is 7.03. The normalized spacial score (nSPS) is 14.3. The molecule has 2 aromatic carbocycles. The molecule has 6 heteroatoms. The number of anilines is 1. The molecule has 5 nitrogen and oxygen atoms in total. The van der Waals surface area contributed by atoms with Gasteiger partial charge in [0.2, 0.25) is 0 Å². The van der Waals surface area contributed by atoms with E-state index in [0.29, 0.717) is 17.0 Å². The van der Waals surface area contributed by atoms with E-state index in [4.69, 9.17) is 4.74 Å². The number of nitrogens with one attached hydrogen (secondary N) is 1. The quantitative estimate of drug-likeness (QED) is 0.720. The number of carbonyl (C=O) groups is 2. The average Bonchev–Trinajstić information content (AvgIpc) is 2.96. The summed E-state index contributed by atoms with van der Waals surface area (Å²) in [6.45, 7) is 3.44. The Kier molecular flexibility index (Phi) is 7.09. The van der Waals surface area contributed by atoms with Gasteiger partial charge in [0.05, 0.1) is 0 Å². The highest BCUT2D eigenvalue weighted by Gasteiger charge is 2.17. The Hall–Kier alpha value is -2.34. The van der Waals surface area contributed by atoms with Gasteiger partial charge in [-0.2, -0.15) is 0 Å². The Morgan fingerprint density at radius 2 is 1.82 bits per heavy atom. The Morgan fingerprint density at radius 1 is 1.07 bits per heavy atom. The number of hydrogen-bond donors (Lipinski definition) is 1. The standard InChI is InChI=1S/C22H25BrN2O3/c1-16-13-18(23)9-10-20(16)28-15-21(26)24-19-8-6-7-17(14-19)22(27)25-11-4-2-3-5-12-25/h6-10,13-14H,2-5,11-12,15H2,1H3,(H,24,26). The molecular formula is C22H25BrN2O3. The van der Waals surface area contributed by atoms with Crippen molar-refractivity contribution in [2.75, 3.05) is 25.0 Å². The second-order valence-corrected chi connectivity index (χ2v) is 7.95. The van der Waals surface area contributed by atoms with Gasteiger partial charge in [0.15, 0.2) is 6.61 Å². The van der Waals surface area contributed by atoms with Crippen molar-refractivity contribution in [3.8, 4) is 5.75 Å². The molecule has 148 valence electrons. The molecule has 1 fully saturated rings. The van der Waals surface area contributed by atoms with Crippen molar-refractivity contribution in [3.63, 3.8) is 0 Å². The monoisotopic (exact) mass is 444 g/mol. The van der Waals surface area contributed by atoms with Crippen molar-refractivity contribution in [1.29, 1.82) is 0 Å². The first-order valence-corrected chi connectivity index (χ1v) is 10.4. The van der Waals surface area contributed by atoms with Gasteiger partial charge in [-0.3, -0.25) is 9.59 Å². The van der Waals surface area contributed by atoms with Gasteiger partial charge in [-0.05, 0) is 61.7 Å². The lowest BCUT2D eigenvalue weighted by Crippen LogP contribution is -2.31. The zero-order chi connectivity index (χ0) is 19.9. The largest absolute Gasteiger partial charge is 0.483 e. The van der Waals surface area contributed by atoms with E-state index in [2.05, 4.69) is 21.2 Å². The van der Waals surface area contributed by atoms with E-state index in [1.807, 2.05) is 30.0 Å². The average molecular weight is 445 g/mol. The van der Waals surface area contributed by atoms with Crippen molar-refractivity contribution in [2.45, 2.75) is 32.6 Å². The van der Waals surface area contributed by atoms with E-state index in [0.717, 1.165) is 36.0 Å². The molecule has 2 aromatic rings. The number of hydrogen-bond acceptors (Lipinski definition) is 3. The second kappa shape index (κ2) is 9.73. The van der Waals surface area contributed by atoms with Gasteiger partial charge in [-0.15, -0.1) is 0 Å². The molecule has 3 rings (SSSR count). The van der Waals surface area contributed by atoms with Crippen molar-refractivity contribution in [2.24, 2.45) is 0 Å². The van der Waals surface area contributed by atoms with Crippen molar-refractivity contribution in [1.82, 2.24) is 4.90 Å². The van der Waals surface area contributed by atoms with Crippen molar-refractivity contribution < 1.29 is 14.3 Å². The topological polar surface area (TPSA) is 58.6 Å². The maximum atomic E-state index is 12.8. The minimum absolute atomic E-state index is 0.0275. The summed E-state index contributed by atoms with van der Waals surface area (Å²) in [6, 6.07) is 12.7. The van der Waals surface area contributed by atoms with Gasteiger partial charge in [0.1, 0.15) is 5.75 Å². The number of benzene rings is 2. The van der Waals surface area contributed by atoms with Gasteiger partial charge in [0, 0.05) is 28.8 Å². The molecule has 0 aromatic heterocycles. The number of aryl methyl sites for hydroxylation is 1. The van der Waals surface area contributed by atoms with E-state index < -0.39 is 0 Å². The molecule has 1 aliphatic heterocycles. The summed E-state index contributed by atoms with van der Waals surface area (Å²) in [7, 11) is 0. The lowest BCUT2D eigenvalue weighted by molar-refractivity contribution is -0.118. The molecular weight excluding hydrogens is 420 g/mol. The zero-order valence-corrected chi connectivity index (χ0v) is 17.6. The molecule has 1 aliphatic rings. The first-order valence-electron chi connectivity index (χ1n) is 9.61. The maximum Gasteiger partial charge on any atom is 0.262 e. The molecule has 1 N–H and O–H groups in total. The molecule has 0 aliphatic carbocycles. The van der Waals surface area contributed by atoms with Crippen LogP contribution in [0, 0.1) is 6.92 Å². The van der Waals surface area contributed by atoms with Crippen LogP contribution in [-0.2, 0) is 4.79 Å². The first kappa shape index (κ1) is 20.4. The Labute approximate surface area is 174 Å². The summed E-state index contributed by atoms with van der Waals surface area (Å²) in [5.41, 5.74) is 2.15. The first-order chi connectivity index (χ1) is 13.5. The third-order valence-corrected chi connectivity index (χ3v) is 5.28. The Morgan fingerprint density at radius 3 is 2.54 bits per heavy atom. The fourth-order valence-electron chi connectivity index (χ4n) is 3.30. The number of halogens is 1. The van der Waals surface area contributed by atoms with Crippen LogP contribution in [0.3, 0.4) is 0 Å². The molecule has 0 saturated carbocycles. The van der Waals surface area contributed by atoms with Crippen LogP contribution >= 0.6 is 15.9 Å². The van der Waals surface area contributed by atoms with Crippen molar-refractivity contribution >= 4 is 33.4 Å². The number of nitrogens with zero attached hydrogens (tertiary/aromatic N) is 1. The SMILES string of the molecule is Cc1cc(Br)ccc1OCC(=O)Nc1cccc(C(=O)N2CCCCCC2)c1. The van der Waals surface area contributed by atoms with Crippen LogP contribution in [0.2, 0.25) is 0 Å². The summed E-state index contributed by atoms with van der Waals surface area (Å²) in [4.78, 5) is 26.9. The lowest BCUT2D eigenvalue weighted by Gasteiger charge is -2.20. The fourth-order valence-corrected chi connectivity index (χ4v) is 3.78. The summed E-state index contributed by atoms with van der Waals surface area (Å²) < 4.78 is 6.57. The summed E-state index contributed by atoms with van der Waals surface area (Å²) in [6.07, 6.45) is 4.46. The van der Waals surface area contributed by atoms with Crippen LogP contribution in [0.4, 0.5) is 5.69 Å². The number of amides is 2. The van der Waals surface area contributed by atoms with Crippen LogP contribution in [0.1, 0.15) is 41.6 Å². The predicted octanol–water partition coefficient (Wildman–Crippen LogP) is 4.79. The Balaban J connectivity index is 1.58. The van der Waals surface area contributed by atoms with E-state index in [1.165, 1.54) is 12.8 Å². The molecule has 0 atom stereocenters. The van der Waals surface area contributed by atoms with Gasteiger partial charge in [-0.1, -0.05) is 34.8 Å². The van der Waals surface area contributed by atoms with E-state index in [-0.39, 0.29) is 18.4 Å². The smallest absolute Gasteiger partial charge is 0.262 e. The van der Waals surface area contributed by atoms with Gasteiger partial charge < -0.3 is 15.0 Å². The van der Waals surface area contributed by atoms with E-state index in [1.54, 1.807) is 24.3 Å². The zero-order valence-electron chi connectivity index (χ0n) is 16.0. The van der Waals surface area contributed by atoms with Gasteiger partial charge >= 0.3 is 0 Å². The number of carbonyl (C=O) groups excluding carboxylic acids is 2. The van der Waals surface area contributed by atoms with Gasteiger partial charge in [0.25, 0.3) is 11.8 Å². The molecule has 2 amide bonds. The highest BCUT2D eigenvalue weighted by Crippen LogP contribution is 2.22. The third kappa shape index (κ3) is 5.58. The van der Waals surface area contributed by atoms with Crippen LogP contribution in [0.15, 0.2) is 46.9 Å². The molecule has 0 unspecified atom stereocenters. The fraction of sp³-hybridized carbons (Fsp3) is 0.364. The number of rotatable bonds is 5. The third-order valence-electron chi connectivity index (χ3n) is 4.78. The molecule has 1 heterocycles. The molecule has 28 heavy (non-hydrogen) atoms. The van der Waals surface area contributed by atoms with Crippen LogP contribution in [0.5, 0.6) is 5.75 Å². The van der Waals surface area contributed by atoms with Crippen molar-refractivity contribution in [3.05, 3.63) is 58.1 Å². The van der Waals surface area contributed by atoms with Gasteiger partial charge in [-0.25, -0.2) is 0 Å². The molecule has 0 radical (unpaired) electrons.